The smallest absolute Gasteiger partial charge is 0.479 e. The maximum atomic E-state index is 13.0. The molecule has 0 aliphatic rings. The molecule has 2 amide bonds. The summed E-state index contributed by atoms with van der Waals surface area (Å²) in [5, 5.41) is 3.55. The van der Waals surface area contributed by atoms with Gasteiger partial charge < -0.3 is 18.5 Å². The first-order valence-electron chi connectivity index (χ1n) is 8.46. The molecule has 0 heterocycles. The predicted octanol–water partition coefficient (Wildman–Crippen LogP) is 2.41. The zero-order chi connectivity index (χ0) is 21.9. The van der Waals surface area contributed by atoms with Gasteiger partial charge in [0.15, 0.2) is 11.5 Å². The monoisotopic (exact) mass is 476 g/mol. The molecule has 0 aromatic rings. The van der Waals surface area contributed by atoms with E-state index in [0.29, 0.717) is 13.0 Å². The molecule has 0 spiro atoms. The number of oxime groups is 1. The van der Waals surface area contributed by atoms with Gasteiger partial charge in [-0.3, -0.25) is 9.63 Å². The Morgan fingerprint density at radius 2 is 1.71 bits per heavy atom. The predicted molar refractivity (Wildman–Crippen MR) is 117 cm³/mol. The van der Waals surface area contributed by atoms with Crippen molar-refractivity contribution < 1.29 is 28.0 Å². The molecule has 0 saturated heterocycles. The molecule has 0 radical (unpaired) electrons. The largest absolute Gasteiger partial charge is 0.573 e. The third kappa shape index (κ3) is 8.15. The van der Waals surface area contributed by atoms with E-state index in [0.717, 1.165) is 16.1 Å². The molecule has 0 aliphatic heterocycles. The summed E-state index contributed by atoms with van der Waals surface area (Å²) in [4.78, 5) is 30.3. The van der Waals surface area contributed by atoms with Gasteiger partial charge in [-0.25, -0.2) is 4.79 Å². The second-order valence-electron chi connectivity index (χ2n) is 5.27. The summed E-state index contributed by atoms with van der Waals surface area (Å²) in [5.74, 6) is -0.417. The van der Waals surface area contributed by atoms with Crippen molar-refractivity contribution in [3.8, 4) is 0 Å². The summed E-state index contributed by atoms with van der Waals surface area (Å²) in [6.45, 7) is 3.18. The number of carbonyl (C=O) groups excluding carboxylic acids is 2. The Morgan fingerprint density at radius 1 is 1.18 bits per heavy atom. The van der Waals surface area contributed by atoms with Crippen LogP contribution in [0, 0.1) is 0 Å². The average Bonchev–Trinajstić information content (AvgIpc) is 2.65. The molecule has 0 aliphatic carbocycles. The van der Waals surface area contributed by atoms with Crippen LogP contribution in [0.2, 0.25) is 0 Å². The van der Waals surface area contributed by atoms with Gasteiger partial charge in [-0.1, -0.05) is 12.1 Å². The van der Waals surface area contributed by atoms with Crippen LogP contribution < -0.4 is 0 Å². The van der Waals surface area contributed by atoms with Crippen LogP contribution in [0.25, 0.3) is 0 Å². The number of carbonyl (C=O) groups is 2. The molecule has 0 aromatic heterocycles. The van der Waals surface area contributed by atoms with E-state index in [4.69, 9.17) is 25.7 Å². The van der Waals surface area contributed by atoms with Gasteiger partial charge in [-0.05, 0) is 42.4 Å². The van der Waals surface area contributed by atoms with Gasteiger partial charge in [0.1, 0.15) is 0 Å². The molecular weight excluding hydrogens is 447 g/mol. The fourth-order valence-corrected chi connectivity index (χ4v) is 7.04. The highest BCUT2D eigenvalue weighted by Gasteiger charge is 2.42. The molecule has 0 rings (SSSR count). The lowest BCUT2D eigenvalue weighted by molar-refractivity contribution is -0.121. The van der Waals surface area contributed by atoms with Crippen molar-refractivity contribution in [3.05, 3.63) is 0 Å². The lowest BCUT2D eigenvalue weighted by Crippen LogP contribution is -2.44. The third-order valence-corrected chi connectivity index (χ3v) is 9.24. The lowest BCUT2D eigenvalue weighted by Gasteiger charge is -2.33. The Morgan fingerprint density at radius 3 is 2.11 bits per heavy atom. The number of hydrogen-bond acceptors (Lipinski definition) is 9. The Kier molecular flexibility index (Phi) is 13.6. The topological polar surface area (TPSA) is 107 Å². The second-order valence-corrected chi connectivity index (χ2v) is 11.1. The average molecular weight is 477 g/mol. The van der Waals surface area contributed by atoms with Crippen LogP contribution in [0.5, 0.6) is 0 Å². The molecule has 164 valence electrons. The molecule has 0 N–H and O–H groups in total. The molecule has 0 bridgehead atoms. The highest BCUT2D eigenvalue weighted by atomic mass is 32.5. The van der Waals surface area contributed by atoms with Gasteiger partial charge in [0, 0.05) is 14.1 Å². The van der Waals surface area contributed by atoms with E-state index in [9.17, 15) is 14.1 Å². The first-order valence-corrected chi connectivity index (χ1v) is 13.3. The Bertz CT molecular complexity index is 585. The van der Waals surface area contributed by atoms with Crippen molar-refractivity contribution in [1.82, 2.24) is 13.3 Å². The van der Waals surface area contributed by atoms with Gasteiger partial charge in [-0.2, -0.15) is 0 Å². The quantitative estimate of drug-likeness (QED) is 0.117. The normalized spacial score (nSPS) is 13.4. The molecule has 14 heteroatoms. The second kappa shape index (κ2) is 13.8. The highest BCUT2D eigenvalue weighted by Crippen LogP contribution is 2.54. The number of hydrogen-bond donors (Lipinski definition) is 0. The fraction of sp³-hybridized carbons (Fsp3) is 0.786. The van der Waals surface area contributed by atoms with Crippen LogP contribution >= 0.6 is 18.4 Å². The first-order chi connectivity index (χ1) is 13.1. The van der Waals surface area contributed by atoms with Crippen LogP contribution in [0.4, 0.5) is 4.79 Å². The van der Waals surface area contributed by atoms with Crippen LogP contribution in [-0.4, -0.2) is 82.0 Å². The van der Waals surface area contributed by atoms with Crippen molar-refractivity contribution in [2.75, 3.05) is 47.2 Å². The SMILES string of the molecule is CCCN([S+]([O-])N(C)C(=O)O/N=C(\SC)C(=O)N(C)C)P(=S)(OCC)OCC. The first kappa shape index (κ1) is 27.6. The summed E-state index contributed by atoms with van der Waals surface area (Å²) in [6.07, 6.45) is 1.23. The minimum Gasteiger partial charge on any atom is -0.573 e. The van der Waals surface area contributed by atoms with Gasteiger partial charge in [0.2, 0.25) is 5.04 Å². The van der Waals surface area contributed by atoms with E-state index in [1.807, 2.05) is 6.92 Å². The minimum absolute atomic E-state index is 0.0169. The fourth-order valence-electron chi connectivity index (χ4n) is 1.67. The van der Waals surface area contributed by atoms with Gasteiger partial charge >= 0.3 is 12.7 Å². The summed E-state index contributed by atoms with van der Waals surface area (Å²) < 4.78 is 26.3. The number of nitrogens with zero attached hydrogens (tertiary/aromatic N) is 4. The van der Waals surface area contributed by atoms with E-state index in [1.165, 1.54) is 16.0 Å². The maximum absolute atomic E-state index is 13.0. The van der Waals surface area contributed by atoms with Crippen LogP contribution in [0.15, 0.2) is 5.16 Å². The number of amides is 2. The standard InChI is InChI=1S/C14H29N4O6PS3/c1-8-11-18(25(26,22-9-2)23-10-3)28(21)17(6)14(20)24-15-12(27-7)13(19)16(4)5/h8-11H2,1-7H3/b15-12-. The summed E-state index contributed by atoms with van der Waals surface area (Å²) in [7, 11) is 4.38. The Balaban J connectivity index is 5.44. The van der Waals surface area contributed by atoms with Crippen molar-refractivity contribution in [2.45, 2.75) is 27.2 Å². The molecule has 0 aromatic carbocycles. The van der Waals surface area contributed by atoms with Crippen molar-refractivity contribution in [3.63, 3.8) is 0 Å². The van der Waals surface area contributed by atoms with Gasteiger partial charge in [0.05, 0.1) is 26.8 Å². The van der Waals surface area contributed by atoms with E-state index < -0.39 is 30.2 Å². The van der Waals surface area contributed by atoms with Crippen LogP contribution in [0.1, 0.15) is 27.2 Å². The molecule has 0 fully saturated rings. The molecular formula is C14H29N4O6PS3. The number of rotatable bonds is 10. The van der Waals surface area contributed by atoms with E-state index >= 15 is 0 Å². The summed E-state index contributed by atoms with van der Waals surface area (Å²) in [6, 6.07) is 0. The Labute approximate surface area is 179 Å². The van der Waals surface area contributed by atoms with E-state index in [2.05, 4.69) is 5.16 Å². The minimum atomic E-state index is -3.05. The van der Waals surface area contributed by atoms with E-state index in [-0.39, 0.29) is 18.3 Å². The molecule has 10 nitrogen and oxygen atoms in total. The van der Waals surface area contributed by atoms with Crippen LogP contribution in [-0.2, 0) is 42.0 Å². The molecule has 28 heavy (non-hydrogen) atoms. The van der Waals surface area contributed by atoms with Crippen molar-refractivity contribution in [1.29, 1.82) is 0 Å². The maximum Gasteiger partial charge on any atom is 0.479 e. The van der Waals surface area contributed by atoms with Crippen molar-refractivity contribution >= 4 is 58.8 Å². The van der Waals surface area contributed by atoms with Gasteiger partial charge in [0.25, 0.3) is 5.91 Å². The summed E-state index contributed by atoms with van der Waals surface area (Å²) >= 11 is 4.50. The van der Waals surface area contributed by atoms with E-state index in [1.54, 1.807) is 34.2 Å². The van der Waals surface area contributed by atoms with Crippen LogP contribution in [0.3, 0.4) is 0 Å². The lowest BCUT2D eigenvalue weighted by atomic mass is 10.5. The third-order valence-electron chi connectivity index (χ3n) is 2.93. The molecule has 1 atom stereocenters. The van der Waals surface area contributed by atoms with Gasteiger partial charge in [-0.15, -0.1) is 16.1 Å². The van der Waals surface area contributed by atoms with Crippen molar-refractivity contribution in [2.24, 2.45) is 5.16 Å². The summed E-state index contributed by atoms with van der Waals surface area (Å²) in [5.41, 5.74) is 0. The highest BCUT2D eigenvalue weighted by molar-refractivity contribution is 8.15. The zero-order valence-corrected chi connectivity index (χ0v) is 20.6. The number of thioether (sulfide) groups is 1. The Hall–Kier alpha value is -0.400. The molecule has 1 unspecified atom stereocenters. The molecule has 0 saturated carbocycles. The zero-order valence-electron chi connectivity index (χ0n) is 17.2.